The summed E-state index contributed by atoms with van der Waals surface area (Å²) in [4.78, 5) is 14.0. The maximum atomic E-state index is 12.0. The lowest BCUT2D eigenvalue weighted by molar-refractivity contribution is -0.117. The lowest BCUT2D eigenvalue weighted by Crippen LogP contribution is -2.34. The molecule has 6 heteroatoms. The third-order valence-electron chi connectivity index (χ3n) is 2.88. The minimum atomic E-state index is -0.134. The molecule has 20 heavy (non-hydrogen) atoms. The molecule has 0 aliphatic heterocycles. The number of benzene rings is 1. The highest BCUT2D eigenvalue weighted by Gasteiger charge is 2.11. The Kier molecular flexibility index (Phi) is 7.36. The first kappa shape index (κ1) is 16.8. The van der Waals surface area contributed by atoms with Gasteiger partial charge < -0.3 is 15.2 Å². The van der Waals surface area contributed by atoms with E-state index in [4.69, 9.17) is 21.4 Å². The molecule has 0 atom stereocenters. The minimum absolute atomic E-state index is 0.125. The van der Waals surface area contributed by atoms with Crippen molar-refractivity contribution in [1.82, 2.24) is 4.90 Å². The second-order valence-corrected chi connectivity index (χ2v) is 4.78. The molecule has 0 saturated heterocycles. The molecular formula is C14H21ClN2O3. The molecule has 5 nitrogen and oxygen atoms in total. The maximum Gasteiger partial charge on any atom is 0.238 e. The summed E-state index contributed by atoms with van der Waals surface area (Å²) in [6, 6.07) is 5.07. The van der Waals surface area contributed by atoms with E-state index in [1.807, 2.05) is 11.8 Å². The molecule has 112 valence electrons. The number of nitrogens with zero attached hydrogens (tertiary/aromatic N) is 1. The molecule has 1 amide bonds. The molecular weight excluding hydrogens is 280 g/mol. The first-order valence-corrected chi connectivity index (χ1v) is 6.95. The smallest absolute Gasteiger partial charge is 0.238 e. The molecule has 0 fully saturated rings. The van der Waals surface area contributed by atoms with Gasteiger partial charge in [0.1, 0.15) is 5.75 Å². The van der Waals surface area contributed by atoms with Gasteiger partial charge in [0.15, 0.2) is 0 Å². The average molecular weight is 301 g/mol. The van der Waals surface area contributed by atoms with Gasteiger partial charge in [-0.1, -0.05) is 18.5 Å². The van der Waals surface area contributed by atoms with Crippen molar-refractivity contribution >= 4 is 23.2 Å². The molecule has 0 unspecified atom stereocenters. The number of rotatable bonds is 8. The van der Waals surface area contributed by atoms with Crippen LogP contribution in [0.15, 0.2) is 18.2 Å². The summed E-state index contributed by atoms with van der Waals surface area (Å²) in [6.07, 6.45) is 0.654. The molecule has 1 rings (SSSR count). The number of ether oxygens (including phenoxy) is 1. The van der Waals surface area contributed by atoms with Crippen LogP contribution in [-0.2, 0) is 4.79 Å². The summed E-state index contributed by atoms with van der Waals surface area (Å²) in [5.74, 6) is 0.437. The van der Waals surface area contributed by atoms with Crippen molar-refractivity contribution in [2.24, 2.45) is 0 Å². The number of carbonyl (C=O) groups is 1. The second kappa shape index (κ2) is 8.79. The van der Waals surface area contributed by atoms with E-state index < -0.39 is 0 Å². The predicted octanol–water partition coefficient (Wildman–Crippen LogP) is 1.99. The SMILES string of the molecule is CCN(CCCO)CC(=O)Nc1cc(Cl)ccc1OC. The predicted molar refractivity (Wildman–Crippen MR) is 80.5 cm³/mol. The van der Waals surface area contributed by atoms with Crippen LogP contribution in [0.3, 0.4) is 0 Å². The number of hydrogen-bond acceptors (Lipinski definition) is 4. The van der Waals surface area contributed by atoms with E-state index in [-0.39, 0.29) is 19.1 Å². The van der Waals surface area contributed by atoms with Crippen molar-refractivity contribution in [1.29, 1.82) is 0 Å². The Bertz CT molecular complexity index is 440. The molecule has 0 aliphatic carbocycles. The van der Waals surface area contributed by atoms with Crippen molar-refractivity contribution in [2.75, 3.05) is 38.7 Å². The van der Waals surface area contributed by atoms with Gasteiger partial charge in [0, 0.05) is 18.2 Å². The van der Waals surface area contributed by atoms with E-state index in [9.17, 15) is 4.79 Å². The highest BCUT2D eigenvalue weighted by atomic mass is 35.5. The first-order valence-electron chi connectivity index (χ1n) is 6.57. The third-order valence-corrected chi connectivity index (χ3v) is 3.12. The molecule has 0 heterocycles. The van der Waals surface area contributed by atoms with E-state index in [0.29, 0.717) is 29.4 Å². The number of amides is 1. The van der Waals surface area contributed by atoms with E-state index >= 15 is 0 Å². The largest absolute Gasteiger partial charge is 0.495 e. The Morgan fingerprint density at radius 3 is 2.85 bits per heavy atom. The van der Waals surface area contributed by atoms with Gasteiger partial charge in [0.05, 0.1) is 19.3 Å². The number of likely N-dealkylation sites (N-methyl/N-ethyl adjacent to an activating group) is 1. The van der Waals surface area contributed by atoms with Gasteiger partial charge in [-0.2, -0.15) is 0 Å². The zero-order valence-corrected chi connectivity index (χ0v) is 12.6. The first-order chi connectivity index (χ1) is 9.60. The van der Waals surface area contributed by atoms with Gasteiger partial charge in [0.2, 0.25) is 5.91 Å². The number of hydrogen-bond donors (Lipinski definition) is 2. The van der Waals surface area contributed by atoms with Gasteiger partial charge in [0.25, 0.3) is 0 Å². The molecule has 0 saturated carbocycles. The van der Waals surface area contributed by atoms with Crippen molar-refractivity contribution in [3.05, 3.63) is 23.2 Å². The van der Waals surface area contributed by atoms with Crippen molar-refractivity contribution < 1.29 is 14.6 Å². The number of nitrogens with one attached hydrogen (secondary N) is 1. The third kappa shape index (κ3) is 5.36. The van der Waals surface area contributed by atoms with Gasteiger partial charge in [-0.25, -0.2) is 0 Å². The summed E-state index contributed by atoms with van der Waals surface area (Å²) >= 11 is 5.91. The molecule has 0 spiro atoms. The zero-order valence-electron chi connectivity index (χ0n) is 11.9. The number of methoxy groups -OCH3 is 1. The Morgan fingerprint density at radius 2 is 2.25 bits per heavy atom. The Labute approximate surface area is 124 Å². The summed E-state index contributed by atoms with van der Waals surface area (Å²) in [5, 5.41) is 12.1. The topological polar surface area (TPSA) is 61.8 Å². The van der Waals surface area contributed by atoms with Gasteiger partial charge in [-0.15, -0.1) is 0 Å². The van der Waals surface area contributed by atoms with Crippen LogP contribution >= 0.6 is 11.6 Å². The Balaban J connectivity index is 2.63. The molecule has 1 aromatic rings. The number of halogens is 1. The van der Waals surface area contributed by atoms with E-state index in [2.05, 4.69) is 5.32 Å². The van der Waals surface area contributed by atoms with Crippen LogP contribution < -0.4 is 10.1 Å². The van der Waals surface area contributed by atoms with E-state index in [0.717, 1.165) is 6.54 Å². The molecule has 1 aromatic carbocycles. The Morgan fingerprint density at radius 1 is 1.50 bits per heavy atom. The van der Waals surface area contributed by atoms with E-state index in [1.54, 1.807) is 25.3 Å². The highest BCUT2D eigenvalue weighted by Crippen LogP contribution is 2.27. The fraction of sp³-hybridized carbons (Fsp3) is 0.500. The fourth-order valence-electron chi connectivity index (χ4n) is 1.81. The van der Waals surface area contributed by atoms with Gasteiger partial charge in [-0.3, -0.25) is 9.69 Å². The number of carbonyl (C=O) groups excluding carboxylic acids is 1. The number of aliphatic hydroxyl groups excluding tert-OH is 1. The quantitative estimate of drug-likeness (QED) is 0.771. The number of aliphatic hydroxyl groups is 1. The van der Waals surface area contributed by atoms with Crippen LogP contribution in [0.4, 0.5) is 5.69 Å². The number of anilines is 1. The van der Waals surface area contributed by atoms with Crippen molar-refractivity contribution in [2.45, 2.75) is 13.3 Å². The summed E-state index contributed by atoms with van der Waals surface area (Å²) in [7, 11) is 1.54. The van der Waals surface area contributed by atoms with Crippen LogP contribution in [0.25, 0.3) is 0 Å². The lowest BCUT2D eigenvalue weighted by Gasteiger charge is -2.19. The average Bonchev–Trinajstić information content (AvgIpc) is 2.43. The van der Waals surface area contributed by atoms with Crippen molar-refractivity contribution in [3.63, 3.8) is 0 Å². The molecule has 0 aromatic heterocycles. The lowest BCUT2D eigenvalue weighted by atomic mass is 10.3. The zero-order chi connectivity index (χ0) is 15.0. The van der Waals surface area contributed by atoms with Crippen molar-refractivity contribution in [3.8, 4) is 5.75 Å². The minimum Gasteiger partial charge on any atom is -0.495 e. The maximum absolute atomic E-state index is 12.0. The molecule has 0 aliphatic rings. The standard InChI is InChI=1S/C14H21ClN2O3/c1-3-17(7-4-8-18)10-14(19)16-12-9-11(15)5-6-13(12)20-2/h5-6,9,18H,3-4,7-8,10H2,1-2H3,(H,16,19). The second-order valence-electron chi connectivity index (χ2n) is 4.34. The van der Waals surface area contributed by atoms with Gasteiger partial charge in [-0.05, 0) is 31.2 Å². The molecule has 2 N–H and O–H groups in total. The van der Waals surface area contributed by atoms with Crippen LogP contribution in [-0.4, -0.2) is 49.3 Å². The monoisotopic (exact) mass is 300 g/mol. The molecule has 0 radical (unpaired) electrons. The Hall–Kier alpha value is -1.30. The summed E-state index contributed by atoms with van der Waals surface area (Å²) < 4.78 is 5.18. The van der Waals surface area contributed by atoms with Crippen LogP contribution in [0, 0.1) is 0 Å². The summed E-state index contributed by atoms with van der Waals surface area (Å²) in [5.41, 5.74) is 0.559. The fourth-order valence-corrected chi connectivity index (χ4v) is 1.99. The molecule has 0 bridgehead atoms. The van der Waals surface area contributed by atoms with Crippen LogP contribution in [0.1, 0.15) is 13.3 Å². The van der Waals surface area contributed by atoms with E-state index in [1.165, 1.54) is 0 Å². The van der Waals surface area contributed by atoms with Crippen LogP contribution in [0.2, 0.25) is 5.02 Å². The highest BCUT2D eigenvalue weighted by molar-refractivity contribution is 6.31. The van der Waals surface area contributed by atoms with Crippen LogP contribution in [0.5, 0.6) is 5.75 Å². The van der Waals surface area contributed by atoms with Gasteiger partial charge >= 0.3 is 0 Å². The normalized spacial score (nSPS) is 10.7. The summed E-state index contributed by atoms with van der Waals surface area (Å²) in [6.45, 7) is 3.81.